The molecule has 0 aliphatic heterocycles. The Labute approximate surface area is 73.6 Å². The molecule has 1 aliphatic carbocycles. The van der Waals surface area contributed by atoms with Gasteiger partial charge in [0.25, 0.3) is 0 Å². The molecule has 0 aromatic rings. The van der Waals surface area contributed by atoms with Gasteiger partial charge in [0.2, 0.25) is 10.0 Å². The second kappa shape index (κ2) is 3.72. The van der Waals surface area contributed by atoms with Crippen LogP contribution < -0.4 is 10.5 Å². The average Bonchev–Trinajstić information content (AvgIpc) is 2.32. The highest BCUT2D eigenvalue weighted by atomic mass is 32.2. The van der Waals surface area contributed by atoms with Gasteiger partial charge in [0.05, 0.1) is 6.26 Å². The van der Waals surface area contributed by atoms with Crippen LogP contribution in [0.3, 0.4) is 0 Å². The largest absolute Gasteiger partial charge is 0.330 e. The highest BCUT2D eigenvalue weighted by molar-refractivity contribution is 7.88. The molecule has 0 unspecified atom stereocenters. The van der Waals surface area contributed by atoms with Crippen molar-refractivity contribution in [1.82, 2.24) is 4.72 Å². The molecule has 2 atom stereocenters. The van der Waals surface area contributed by atoms with Crippen molar-refractivity contribution in [3.05, 3.63) is 0 Å². The van der Waals surface area contributed by atoms with Crippen molar-refractivity contribution in [2.24, 2.45) is 11.7 Å². The Balaban J connectivity index is 2.38. The van der Waals surface area contributed by atoms with E-state index in [0.29, 0.717) is 12.5 Å². The molecule has 3 N–H and O–H groups in total. The molecule has 0 heterocycles. The van der Waals surface area contributed by atoms with Crippen molar-refractivity contribution < 1.29 is 8.42 Å². The van der Waals surface area contributed by atoms with E-state index < -0.39 is 10.0 Å². The average molecular weight is 192 g/mol. The van der Waals surface area contributed by atoms with Gasteiger partial charge in [-0.2, -0.15) is 0 Å². The molecule has 1 rings (SSSR count). The molecular formula is C7H16N2O2S. The summed E-state index contributed by atoms with van der Waals surface area (Å²) < 4.78 is 24.3. The SMILES string of the molecule is CS(=O)(=O)N[C@@H]1CC[C@H](CN)C1. The van der Waals surface area contributed by atoms with Crippen molar-refractivity contribution in [2.45, 2.75) is 25.3 Å². The normalized spacial score (nSPS) is 30.8. The molecule has 0 radical (unpaired) electrons. The van der Waals surface area contributed by atoms with Crippen molar-refractivity contribution in [1.29, 1.82) is 0 Å². The summed E-state index contributed by atoms with van der Waals surface area (Å²) in [7, 11) is -3.03. The molecule has 1 aliphatic rings. The van der Waals surface area contributed by atoms with Gasteiger partial charge in [-0.25, -0.2) is 13.1 Å². The summed E-state index contributed by atoms with van der Waals surface area (Å²) in [4.78, 5) is 0. The van der Waals surface area contributed by atoms with E-state index in [9.17, 15) is 8.42 Å². The zero-order valence-electron chi connectivity index (χ0n) is 7.29. The fraction of sp³-hybridized carbons (Fsp3) is 1.00. The van der Waals surface area contributed by atoms with Crippen LogP contribution in [0.15, 0.2) is 0 Å². The lowest BCUT2D eigenvalue weighted by molar-refractivity contribution is 0.525. The first-order chi connectivity index (χ1) is 5.51. The van der Waals surface area contributed by atoms with Gasteiger partial charge in [-0.15, -0.1) is 0 Å². The molecule has 4 nitrogen and oxygen atoms in total. The van der Waals surface area contributed by atoms with Crippen LogP contribution in [0.2, 0.25) is 0 Å². The van der Waals surface area contributed by atoms with E-state index in [1.807, 2.05) is 0 Å². The van der Waals surface area contributed by atoms with E-state index in [0.717, 1.165) is 19.3 Å². The van der Waals surface area contributed by atoms with Crippen LogP contribution in [-0.2, 0) is 10.0 Å². The molecule has 1 fully saturated rings. The Kier molecular flexibility index (Phi) is 3.09. The molecule has 0 spiro atoms. The van der Waals surface area contributed by atoms with E-state index in [1.165, 1.54) is 6.26 Å². The topological polar surface area (TPSA) is 72.2 Å². The second-order valence-electron chi connectivity index (χ2n) is 3.50. The molecule has 0 aromatic heterocycles. The van der Waals surface area contributed by atoms with Gasteiger partial charge in [0, 0.05) is 6.04 Å². The number of hydrogen-bond donors (Lipinski definition) is 2. The molecule has 72 valence electrons. The smallest absolute Gasteiger partial charge is 0.208 e. The summed E-state index contributed by atoms with van der Waals surface area (Å²) in [6.45, 7) is 0.669. The lowest BCUT2D eigenvalue weighted by Crippen LogP contribution is -2.32. The molecule has 0 saturated heterocycles. The van der Waals surface area contributed by atoms with Crippen LogP contribution in [0.4, 0.5) is 0 Å². The minimum atomic E-state index is -3.03. The summed E-state index contributed by atoms with van der Waals surface area (Å²) in [5.74, 6) is 0.504. The lowest BCUT2D eigenvalue weighted by atomic mass is 10.1. The highest BCUT2D eigenvalue weighted by Crippen LogP contribution is 2.24. The van der Waals surface area contributed by atoms with Crippen molar-refractivity contribution in [2.75, 3.05) is 12.8 Å². The number of nitrogens with two attached hydrogens (primary N) is 1. The van der Waals surface area contributed by atoms with E-state index in [4.69, 9.17) is 5.73 Å². The first kappa shape index (κ1) is 9.95. The van der Waals surface area contributed by atoms with Crippen molar-refractivity contribution in [3.8, 4) is 0 Å². The lowest BCUT2D eigenvalue weighted by Gasteiger charge is -2.10. The summed E-state index contributed by atoms with van der Waals surface area (Å²) in [6.07, 6.45) is 4.06. The van der Waals surface area contributed by atoms with Crippen LogP contribution in [0.25, 0.3) is 0 Å². The second-order valence-corrected chi connectivity index (χ2v) is 5.28. The maximum atomic E-state index is 10.8. The van der Waals surface area contributed by atoms with Gasteiger partial charge in [-0.3, -0.25) is 0 Å². The van der Waals surface area contributed by atoms with Crippen LogP contribution in [0.5, 0.6) is 0 Å². The molecule has 12 heavy (non-hydrogen) atoms. The maximum Gasteiger partial charge on any atom is 0.208 e. The van der Waals surface area contributed by atoms with Crippen LogP contribution in [0, 0.1) is 5.92 Å². The predicted molar refractivity (Wildman–Crippen MR) is 48.2 cm³/mol. The first-order valence-corrected chi connectivity index (χ1v) is 6.08. The van der Waals surface area contributed by atoms with Crippen LogP contribution in [0.1, 0.15) is 19.3 Å². The minimum absolute atomic E-state index is 0.119. The third kappa shape index (κ3) is 3.08. The Bertz CT molecular complexity index is 238. The van der Waals surface area contributed by atoms with Crippen LogP contribution in [-0.4, -0.2) is 27.3 Å². The highest BCUT2D eigenvalue weighted by Gasteiger charge is 2.25. The first-order valence-electron chi connectivity index (χ1n) is 4.18. The fourth-order valence-electron chi connectivity index (χ4n) is 1.70. The number of hydrogen-bond acceptors (Lipinski definition) is 3. The molecular weight excluding hydrogens is 176 g/mol. The summed E-state index contributed by atoms with van der Waals surface area (Å²) in [6, 6.07) is 0.119. The van der Waals surface area contributed by atoms with E-state index in [-0.39, 0.29) is 6.04 Å². The van der Waals surface area contributed by atoms with Crippen LogP contribution >= 0.6 is 0 Å². The predicted octanol–water partition coefficient (Wildman–Crippen LogP) is -0.337. The fourth-order valence-corrected chi connectivity index (χ4v) is 2.52. The van der Waals surface area contributed by atoms with E-state index in [1.54, 1.807) is 0 Å². The Morgan fingerprint density at radius 3 is 2.58 bits per heavy atom. The molecule has 0 bridgehead atoms. The minimum Gasteiger partial charge on any atom is -0.330 e. The standard InChI is InChI=1S/C7H16N2O2S/c1-12(10,11)9-7-3-2-6(4-7)5-8/h6-7,9H,2-5,8H2,1H3/t6-,7+/m0/s1. The van der Waals surface area contributed by atoms with Gasteiger partial charge < -0.3 is 5.73 Å². The van der Waals surface area contributed by atoms with Gasteiger partial charge in [-0.05, 0) is 31.7 Å². The third-order valence-electron chi connectivity index (χ3n) is 2.26. The van der Waals surface area contributed by atoms with Gasteiger partial charge >= 0.3 is 0 Å². The molecule has 0 amide bonds. The maximum absolute atomic E-state index is 10.8. The summed E-state index contributed by atoms with van der Waals surface area (Å²) in [5, 5.41) is 0. The molecule has 1 saturated carbocycles. The Hall–Kier alpha value is -0.130. The van der Waals surface area contributed by atoms with Gasteiger partial charge in [0.15, 0.2) is 0 Å². The third-order valence-corrected chi connectivity index (χ3v) is 3.02. The summed E-state index contributed by atoms with van der Waals surface area (Å²) in [5.41, 5.74) is 5.48. The number of nitrogens with one attached hydrogen (secondary N) is 1. The van der Waals surface area contributed by atoms with E-state index in [2.05, 4.69) is 4.72 Å². The summed E-state index contributed by atoms with van der Waals surface area (Å²) >= 11 is 0. The number of sulfonamides is 1. The Morgan fingerprint density at radius 1 is 1.50 bits per heavy atom. The Morgan fingerprint density at radius 2 is 2.17 bits per heavy atom. The molecule has 5 heteroatoms. The van der Waals surface area contributed by atoms with Crippen molar-refractivity contribution >= 4 is 10.0 Å². The van der Waals surface area contributed by atoms with E-state index >= 15 is 0 Å². The molecule has 0 aromatic carbocycles. The zero-order valence-corrected chi connectivity index (χ0v) is 8.10. The van der Waals surface area contributed by atoms with Gasteiger partial charge in [0.1, 0.15) is 0 Å². The van der Waals surface area contributed by atoms with Crippen molar-refractivity contribution in [3.63, 3.8) is 0 Å². The zero-order chi connectivity index (χ0) is 9.19. The number of rotatable bonds is 3. The quantitative estimate of drug-likeness (QED) is 0.642. The van der Waals surface area contributed by atoms with Gasteiger partial charge in [-0.1, -0.05) is 0 Å². The monoisotopic (exact) mass is 192 g/mol.